The standard InChI is InChI=1S/C18H20N2O2/c21-18(19-13-15-7-3-1-4-8-15)20-12-11-17(14-20)22-16-9-5-2-6-10-16/h1-10,17H,11-14H2,(H,19,21). The van der Waals surface area contributed by atoms with Crippen LogP contribution >= 0.6 is 0 Å². The third-order valence-corrected chi connectivity index (χ3v) is 3.76. The van der Waals surface area contributed by atoms with Gasteiger partial charge in [-0.15, -0.1) is 0 Å². The molecule has 22 heavy (non-hydrogen) atoms. The van der Waals surface area contributed by atoms with Crippen molar-refractivity contribution in [3.8, 4) is 5.75 Å². The smallest absolute Gasteiger partial charge is 0.317 e. The average molecular weight is 296 g/mol. The number of nitrogens with one attached hydrogen (secondary N) is 1. The van der Waals surface area contributed by atoms with Crippen LogP contribution in [0.5, 0.6) is 5.75 Å². The lowest BCUT2D eigenvalue weighted by Crippen LogP contribution is -2.39. The van der Waals surface area contributed by atoms with Crippen LogP contribution in [0.15, 0.2) is 60.7 Å². The Kier molecular flexibility index (Phi) is 4.59. The Balaban J connectivity index is 1.46. The van der Waals surface area contributed by atoms with Crippen LogP contribution in [0.25, 0.3) is 0 Å². The minimum atomic E-state index is -0.0250. The summed E-state index contributed by atoms with van der Waals surface area (Å²) in [5.41, 5.74) is 1.10. The molecule has 2 aromatic rings. The fourth-order valence-corrected chi connectivity index (χ4v) is 2.59. The molecule has 4 heteroatoms. The minimum absolute atomic E-state index is 0.0250. The van der Waals surface area contributed by atoms with Crippen molar-refractivity contribution in [2.75, 3.05) is 13.1 Å². The fourth-order valence-electron chi connectivity index (χ4n) is 2.59. The van der Waals surface area contributed by atoms with Crippen LogP contribution in [0.2, 0.25) is 0 Å². The molecular formula is C18H20N2O2. The highest BCUT2D eigenvalue weighted by atomic mass is 16.5. The number of rotatable bonds is 4. The molecule has 0 spiro atoms. The average Bonchev–Trinajstić information content (AvgIpc) is 3.03. The normalized spacial score (nSPS) is 17.3. The predicted molar refractivity (Wildman–Crippen MR) is 85.7 cm³/mol. The quantitative estimate of drug-likeness (QED) is 0.942. The number of para-hydroxylation sites is 1. The summed E-state index contributed by atoms with van der Waals surface area (Å²) in [6.45, 7) is 1.92. The van der Waals surface area contributed by atoms with Crippen molar-refractivity contribution in [2.45, 2.75) is 19.1 Å². The van der Waals surface area contributed by atoms with Crippen LogP contribution in [0.4, 0.5) is 4.79 Å². The van der Waals surface area contributed by atoms with E-state index in [1.54, 1.807) is 0 Å². The summed E-state index contributed by atoms with van der Waals surface area (Å²) >= 11 is 0. The zero-order chi connectivity index (χ0) is 15.2. The van der Waals surface area contributed by atoms with Crippen LogP contribution in [0, 0.1) is 0 Å². The van der Waals surface area contributed by atoms with Gasteiger partial charge in [-0.3, -0.25) is 0 Å². The number of carbonyl (C=O) groups is 1. The van der Waals surface area contributed by atoms with Crippen LogP contribution in [-0.4, -0.2) is 30.1 Å². The molecule has 114 valence electrons. The molecular weight excluding hydrogens is 276 g/mol. The first-order chi connectivity index (χ1) is 10.8. The van der Waals surface area contributed by atoms with Crippen molar-refractivity contribution in [3.63, 3.8) is 0 Å². The molecule has 1 heterocycles. The van der Waals surface area contributed by atoms with E-state index in [9.17, 15) is 4.79 Å². The number of hydrogen-bond donors (Lipinski definition) is 1. The number of benzene rings is 2. The van der Waals surface area contributed by atoms with E-state index in [-0.39, 0.29) is 12.1 Å². The van der Waals surface area contributed by atoms with E-state index >= 15 is 0 Å². The van der Waals surface area contributed by atoms with Gasteiger partial charge in [0.15, 0.2) is 0 Å². The van der Waals surface area contributed by atoms with Gasteiger partial charge in [-0.2, -0.15) is 0 Å². The molecule has 0 bridgehead atoms. The Labute approximate surface area is 130 Å². The van der Waals surface area contributed by atoms with E-state index in [1.165, 1.54) is 0 Å². The highest BCUT2D eigenvalue weighted by Gasteiger charge is 2.27. The molecule has 1 saturated heterocycles. The number of ether oxygens (including phenoxy) is 1. The summed E-state index contributed by atoms with van der Waals surface area (Å²) in [5.74, 6) is 0.860. The summed E-state index contributed by atoms with van der Waals surface area (Å²) < 4.78 is 5.90. The summed E-state index contributed by atoms with van der Waals surface area (Å²) in [6, 6.07) is 19.7. The molecule has 1 atom stereocenters. The van der Waals surface area contributed by atoms with Crippen molar-refractivity contribution in [2.24, 2.45) is 0 Å². The van der Waals surface area contributed by atoms with E-state index in [2.05, 4.69) is 5.32 Å². The highest BCUT2D eigenvalue weighted by molar-refractivity contribution is 5.74. The Hall–Kier alpha value is -2.49. The second-order valence-electron chi connectivity index (χ2n) is 5.43. The topological polar surface area (TPSA) is 41.6 Å². The summed E-state index contributed by atoms with van der Waals surface area (Å²) in [6.07, 6.45) is 0.943. The zero-order valence-electron chi connectivity index (χ0n) is 12.4. The minimum Gasteiger partial charge on any atom is -0.489 e. The number of hydrogen-bond acceptors (Lipinski definition) is 2. The molecule has 4 nitrogen and oxygen atoms in total. The van der Waals surface area contributed by atoms with Gasteiger partial charge in [0, 0.05) is 19.5 Å². The van der Waals surface area contributed by atoms with Gasteiger partial charge in [-0.05, 0) is 17.7 Å². The number of urea groups is 1. The SMILES string of the molecule is O=C(NCc1ccccc1)N1CCC(Oc2ccccc2)C1. The Bertz CT molecular complexity index is 601. The van der Waals surface area contributed by atoms with E-state index in [0.717, 1.165) is 24.3 Å². The Morgan fingerprint density at radius 2 is 1.77 bits per heavy atom. The molecule has 0 aromatic heterocycles. The molecule has 2 amide bonds. The predicted octanol–water partition coefficient (Wildman–Crippen LogP) is 3.05. The molecule has 2 aromatic carbocycles. The number of amides is 2. The number of likely N-dealkylation sites (tertiary alicyclic amines) is 1. The molecule has 1 fully saturated rings. The first-order valence-corrected chi connectivity index (χ1v) is 7.59. The van der Waals surface area contributed by atoms with E-state index in [4.69, 9.17) is 4.74 Å². The third kappa shape index (κ3) is 3.79. The van der Waals surface area contributed by atoms with Gasteiger partial charge in [-0.1, -0.05) is 48.5 Å². The molecule has 1 unspecified atom stereocenters. The monoisotopic (exact) mass is 296 g/mol. The van der Waals surface area contributed by atoms with Gasteiger partial charge >= 0.3 is 6.03 Å². The number of nitrogens with zero attached hydrogens (tertiary/aromatic N) is 1. The van der Waals surface area contributed by atoms with Crippen molar-refractivity contribution in [1.82, 2.24) is 10.2 Å². The molecule has 0 aliphatic carbocycles. The van der Waals surface area contributed by atoms with E-state index in [0.29, 0.717) is 13.1 Å². The van der Waals surface area contributed by atoms with Crippen molar-refractivity contribution in [1.29, 1.82) is 0 Å². The maximum Gasteiger partial charge on any atom is 0.317 e. The van der Waals surface area contributed by atoms with Crippen molar-refractivity contribution < 1.29 is 9.53 Å². The maximum absolute atomic E-state index is 12.2. The zero-order valence-corrected chi connectivity index (χ0v) is 12.4. The molecule has 0 saturated carbocycles. The first-order valence-electron chi connectivity index (χ1n) is 7.59. The third-order valence-electron chi connectivity index (χ3n) is 3.76. The second kappa shape index (κ2) is 6.98. The lowest BCUT2D eigenvalue weighted by molar-refractivity contribution is 0.186. The van der Waals surface area contributed by atoms with Gasteiger partial charge in [0.05, 0.1) is 6.54 Å². The largest absolute Gasteiger partial charge is 0.489 e. The van der Waals surface area contributed by atoms with E-state index < -0.39 is 0 Å². The number of carbonyl (C=O) groups excluding carboxylic acids is 1. The molecule has 0 radical (unpaired) electrons. The van der Waals surface area contributed by atoms with Crippen molar-refractivity contribution >= 4 is 6.03 Å². The Morgan fingerprint density at radius 1 is 1.09 bits per heavy atom. The Morgan fingerprint density at radius 3 is 2.50 bits per heavy atom. The highest BCUT2D eigenvalue weighted by Crippen LogP contribution is 2.18. The fraction of sp³-hybridized carbons (Fsp3) is 0.278. The summed E-state index contributed by atoms with van der Waals surface area (Å²) in [5, 5.41) is 2.96. The van der Waals surface area contributed by atoms with Gasteiger partial charge in [-0.25, -0.2) is 4.79 Å². The maximum atomic E-state index is 12.2. The lowest BCUT2D eigenvalue weighted by atomic mass is 10.2. The molecule has 3 rings (SSSR count). The van der Waals surface area contributed by atoms with Gasteiger partial charge in [0.25, 0.3) is 0 Å². The van der Waals surface area contributed by atoms with Gasteiger partial charge in [0.2, 0.25) is 0 Å². The van der Waals surface area contributed by atoms with Crippen LogP contribution in [0.3, 0.4) is 0 Å². The first kappa shape index (κ1) is 14.4. The van der Waals surface area contributed by atoms with Gasteiger partial charge in [0.1, 0.15) is 11.9 Å². The van der Waals surface area contributed by atoms with E-state index in [1.807, 2.05) is 65.6 Å². The summed E-state index contributed by atoms with van der Waals surface area (Å²) in [4.78, 5) is 14.0. The molecule has 1 N–H and O–H groups in total. The van der Waals surface area contributed by atoms with Crippen LogP contribution in [-0.2, 0) is 6.54 Å². The summed E-state index contributed by atoms with van der Waals surface area (Å²) in [7, 11) is 0. The molecule has 1 aliphatic heterocycles. The van der Waals surface area contributed by atoms with Gasteiger partial charge < -0.3 is 15.0 Å². The second-order valence-corrected chi connectivity index (χ2v) is 5.43. The lowest BCUT2D eigenvalue weighted by Gasteiger charge is -2.18. The van der Waals surface area contributed by atoms with Crippen LogP contribution in [0.1, 0.15) is 12.0 Å². The molecule has 1 aliphatic rings. The van der Waals surface area contributed by atoms with Crippen molar-refractivity contribution in [3.05, 3.63) is 66.2 Å². The van der Waals surface area contributed by atoms with Crippen LogP contribution < -0.4 is 10.1 Å².